The van der Waals surface area contributed by atoms with Gasteiger partial charge in [-0.3, -0.25) is 4.79 Å². The Morgan fingerprint density at radius 1 is 1.30 bits per heavy atom. The Balaban J connectivity index is 0.00000232. The number of anilines is 1. The molecular weight excluding hydrogens is 286 g/mol. The van der Waals surface area contributed by atoms with E-state index in [1.807, 2.05) is 31.2 Å². The zero-order valence-corrected chi connectivity index (χ0v) is 14.6. The summed E-state index contributed by atoms with van der Waals surface area (Å²) in [5, 5.41) is 6.20. The second-order valence-electron chi connectivity index (χ2n) is 4.83. The molecule has 1 aromatic rings. The van der Waals surface area contributed by atoms with Gasteiger partial charge in [0.2, 0.25) is 5.91 Å². The lowest BCUT2D eigenvalue weighted by Crippen LogP contribution is -2.33. The molecule has 4 heteroatoms. The van der Waals surface area contributed by atoms with E-state index in [0.717, 1.165) is 17.7 Å². The molecule has 1 atom stereocenters. The summed E-state index contributed by atoms with van der Waals surface area (Å²) in [6.07, 6.45) is 4.75. The van der Waals surface area contributed by atoms with Gasteiger partial charge in [0.05, 0.1) is 6.04 Å². The van der Waals surface area contributed by atoms with Gasteiger partial charge < -0.3 is 16.4 Å². The van der Waals surface area contributed by atoms with E-state index in [9.17, 15) is 4.79 Å². The number of hydrogen-bond donors (Lipinski definition) is 3. The summed E-state index contributed by atoms with van der Waals surface area (Å²) in [6.45, 7) is 13.3. The predicted octanol–water partition coefficient (Wildman–Crippen LogP) is 3.69. The van der Waals surface area contributed by atoms with Crippen LogP contribution in [0.25, 0.3) is 6.08 Å². The Kier molecular flexibility index (Phi) is 10.1. The molecule has 0 aromatic heterocycles. The standard InChI is InChI=1S/C18H24N2O.CH5N/c1-6-15-9-11-17(12-10-15)20-18(16(7-2)8-3)13(4)19-14(5)21;1-2/h6-7,9-12,18,20H,1,4,8H2,2-3,5H3,(H,19,21);2H2,1H3/b16-7+;. The van der Waals surface area contributed by atoms with Gasteiger partial charge in [0, 0.05) is 18.3 Å². The minimum Gasteiger partial charge on any atom is -0.373 e. The smallest absolute Gasteiger partial charge is 0.221 e. The molecule has 0 saturated heterocycles. The molecule has 0 bridgehead atoms. The van der Waals surface area contributed by atoms with Gasteiger partial charge in [-0.25, -0.2) is 0 Å². The van der Waals surface area contributed by atoms with E-state index in [1.165, 1.54) is 19.5 Å². The Hall–Kier alpha value is -2.33. The van der Waals surface area contributed by atoms with Crippen molar-refractivity contribution in [2.45, 2.75) is 33.2 Å². The molecule has 0 aliphatic heterocycles. The second kappa shape index (κ2) is 11.3. The fraction of sp³-hybridized carbons (Fsp3) is 0.316. The molecule has 4 nitrogen and oxygen atoms in total. The van der Waals surface area contributed by atoms with E-state index in [4.69, 9.17) is 0 Å². The SMILES string of the molecule is C=Cc1ccc(NC(C(=C)NC(C)=O)/C(=C/C)CC)cc1.CN. The summed E-state index contributed by atoms with van der Waals surface area (Å²) >= 11 is 0. The van der Waals surface area contributed by atoms with Gasteiger partial charge in [-0.2, -0.15) is 0 Å². The van der Waals surface area contributed by atoms with Crippen LogP contribution in [0.4, 0.5) is 5.69 Å². The number of allylic oxidation sites excluding steroid dienone is 1. The van der Waals surface area contributed by atoms with Crippen molar-refractivity contribution in [2.24, 2.45) is 5.73 Å². The summed E-state index contributed by atoms with van der Waals surface area (Å²) in [5.41, 5.74) is 8.39. The first-order chi connectivity index (χ1) is 11.0. The Bertz CT molecular complexity index is 544. The summed E-state index contributed by atoms with van der Waals surface area (Å²) in [6, 6.07) is 7.87. The maximum atomic E-state index is 11.3. The molecule has 1 rings (SSSR count). The number of nitrogens with two attached hydrogens (primary N) is 1. The van der Waals surface area contributed by atoms with Crippen LogP contribution in [0.2, 0.25) is 0 Å². The van der Waals surface area contributed by atoms with Gasteiger partial charge in [0.25, 0.3) is 0 Å². The molecule has 0 fully saturated rings. The number of carbonyl (C=O) groups is 1. The molecule has 0 radical (unpaired) electrons. The van der Waals surface area contributed by atoms with Gasteiger partial charge in [0.15, 0.2) is 0 Å². The third-order valence-corrected chi connectivity index (χ3v) is 3.29. The molecule has 0 heterocycles. The summed E-state index contributed by atoms with van der Waals surface area (Å²) in [5.74, 6) is -0.111. The van der Waals surface area contributed by atoms with Crippen LogP contribution in [-0.2, 0) is 4.79 Å². The first kappa shape index (κ1) is 20.7. The summed E-state index contributed by atoms with van der Waals surface area (Å²) in [4.78, 5) is 11.3. The lowest BCUT2D eigenvalue weighted by molar-refractivity contribution is -0.118. The predicted molar refractivity (Wildman–Crippen MR) is 101 cm³/mol. The van der Waals surface area contributed by atoms with Gasteiger partial charge in [-0.1, -0.05) is 44.4 Å². The van der Waals surface area contributed by atoms with Gasteiger partial charge >= 0.3 is 0 Å². The monoisotopic (exact) mass is 315 g/mol. The van der Waals surface area contributed by atoms with Gasteiger partial charge in [-0.05, 0) is 43.7 Å². The first-order valence-corrected chi connectivity index (χ1v) is 7.70. The fourth-order valence-corrected chi connectivity index (χ4v) is 2.16. The van der Waals surface area contributed by atoms with E-state index in [0.29, 0.717) is 5.70 Å². The lowest BCUT2D eigenvalue weighted by atomic mass is 10.0. The molecule has 1 aromatic carbocycles. The molecule has 0 spiro atoms. The van der Waals surface area contributed by atoms with Crippen LogP contribution >= 0.6 is 0 Å². The van der Waals surface area contributed by atoms with E-state index in [-0.39, 0.29) is 11.9 Å². The van der Waals surface area contributed by atoms with E-state index in [1.54, 1.807) is 6.08 Å². The van der Waals surface area contributed by atoms with Crippen LogP contribution in [0.5, 0.6) is 0 Å². The molecular formula is C19H29N3O. The molecule has 126 valence electrons. The van der Waals surface area contributed by atoms with Crippen molar-refractivity contribution < 1.29 is 4.79 Å². The zero-order chi connectivity index (χ0) is 17.8. The van der Waals surface area contributed by atoms with Gasteiger partial charge in [0.1, 0.15) is 0 Å². The average Bonchev–Trinajstić information content (AvgIpc) is 2.56. The number of rotatable bonds is 7. The minimum atomic E-state index is -0.113. The maximum Gasteiger partial charge on any atom is 0.221 e. The topological polar surface area (TPSA) is 67.1 Å². The molecule has 0 saturated carbocycles. The van der Waals surface area contributed by atoms with Crippen LogP contribution < -0.4 is 16.4 Å². The summed E-state index contributed by atoms with van der Waals surface area (Å²) < 4.78 is 0. The third kappa shape index (κ3) is 6.98. The first-order valence-electron chi connectivity index (χ1n) is 7.70. The number of amides is 1. The molecule has 4 N–H and O–H groups in total. The van der Waals surface area contributed by atoms with E-state index in [2.05, 4.69) is 42.5 Å². The largest absolute Gasteiger partial charge is 0.373 e. The molecule has 1 unspecified atom stereocenters. The van der Waals surface area contributed by atoms with Crippen molar-refractivity contribution in [1.82, 2.24) is 5.32 Å². The second-order valence-corrected chi connectivity index (χ2v) is 4.83. The molecule has 1 amide bonds. The number of hydrogen-bond acceptors (Lipinski definition) is 3. The molecule has 0 aliphatic rings. The maximum absolute atomic E-state index is 11.3. The highest BCUT2D eigenvalue weighted by atomic mass is 16.1. The van der Waals surface area contributed by atoms with Crippen molar-refractivity contribution in [3.8, 4) is 0 Å². The van der Waals surface area contributed by atoms with Crippen LogP contribution in [-0.4, -0.2) is 19.0 Å². The van der Waals surface area contributed by atoms with E-state index < -0.39 is 0 Å². The fourth-order valence-electron chi connectivity index (χ4n) is 2.16. The minimum absolute atomic E-state index is 0.111. The van der Waals surface area contributed by atoms with E-state index >= 15 is 0 Å². The van der Waals surface area contributed by atoms with Crippen LogP contribution in [0.3, 0.4) is 0 Å². The molecule has 0 aliphatic carbocycles. The molecule has 23 heavy (non-hydrogen) atoms. The Morgan fingerprint density at radius 2 is 1.87 bits per heavy atom. The number of benzene rings is 1. The van der Waals surface area contributed by atoms with Crippen LogP contribution in [0.15, 0.2) is 54.8 Å². The zero-order valence-electron chi connectivity index (χ0n) is 14.6. The average molecular weight is 315 g/mol. The lowest BCUT2D eigenvalue weighted by Gasteiger charge is -2.25. The van der Waals surface area contributed by atoms with Crippen LogP contribution in [0, 0.1) is 0 Å². The Labute approximate surface area is 140 Å². The van der Waals surface area contributed by atoms with Gasteiger partial charge in [-0.15, -0.1) is 0 Å². The number of carbonyl (C=O) groups excluding carboxylic acids is 1. The third-order valence-electron chi connectivity index (χ3n) is 3.29. The van der Waals surface area contributed by atoms with Crippen molar-refractivity contribution in [3.05, 3.63) is 60.3 Å². The van der Waals surface area contributed by atoms with Crippen molar-refractivity contribution in [1.29, 1.82) is 0 Å². The summed E-state index contributed by atoms with van der Waals surface area (Å²) in [7, 11) is 1.50. The number of nitrogens with one attached hydrogen (secondary N) is 2. The van der Waals surface area contributed by atoms with Crippen molar-refractivity contribution >= 4 is 17.7 Å². The highest BCUT2D eigenvalue weighted by Crippen LogP contribution is 2.19. The van der Waals surface area contributed by atoms with Crippen molar-refractivity contribution in [3.63, 3.8) is 0 Å². The normalized spacial score (nSPS) is 11.6. The Morgan fingerprint density at radius 3 is 2.26 bits per heavy atom. The highest BCUT2D eigenvalue weighted by molar-refractivity contribution is 5.75. The van der Waals surface area contributed by atoms with Crippen LogP contribution in [0.1, 0.15) is 32.8 Å². The quantitative estimate of drug-likeness (QED) is 0.672. The highest BCUT2D eigenvalue weighted by Gasteiger charge is 2.17. The van der Waals surface area contributed by atoms with Crippen molar-refractivity contribution in [2.75, 3.05) is 12.4 Å².